The first kappa shape index (κ1) is 14.5. The summed E-state index contributed by atoms with van der Waals surface area (Å²) >= 11 is 7.21. The van der Waals surface area contributed by atoms with Crippen LogP contribution in [0.4, 0.5) is 0 Å². The fourth-order valence-electron chi connectivity index (χ4n) is 2.56. The second-order valence-corrected chi connectivity index (χ2v) is 6.53. The third-order valence-corrected chi connectivity index (χ3v) is 4.98. The molecule has 0 radical (unpaired) electrons. The fraction of sp³-hybridized carbons (Fsp3) is 0.571. The quantitative estimate of drug-likeness (QED) is 0.865. The van der Waals surface area contributed by atoms with Gasteiger partial charge >= 0.3 is 0 Å². The number of hydrogen-bond acceptors (Lipinski definition) is 3. The maximum atomic E-state index is 12.0. The smallest absolute Gasteiger partial charge is 0.223 e. The van der Waals surface area contributed by atoms with Crippen LogP contribution in [0.5, 0.6) is 0 Å². The minimum absolute atomic E-state index is 0.00702. The van der Waals surface area contributed by atoms with E-state index in [1.807, 2.05) is 0 Å². The molecule has 1 aliphatic carbocycles. The second kappa shape index (κ2) is 6.53. The van der Waals surface area contributed by atoms with E-state index in [4.69, 9.17) is 11.6 Å². The maximum Gasteiger partial charge on any atom is 0.223 e. The van der Waals surface area contributed by atoms with Gasteiger partial charge < -0.3 is 5.32 Å². The Morgan fingerprint density at radius 1 is 1.47 bits per heavy atom. The Bertz CT molecular complexity index is 472. The molecule has 1 fully saturated rings. The van der Waals surface area contributed by atoms with Crippen molar-refractivity contribution in [1.29, 1.82) is 0 Å². The van der Waals surface area contributed by atoms with Crippen LogP contribution in [0, 0.1) is 11.8 Å². The van der Waals surface area contributed by atoms with Crippen LogP contribution in [0.3, 0.4) is 0 Å². The van der Waals surface area contributed by atoms with Gasteiger partial charge in [-0.05, 0) is 30.2 Å². The lowest BCUT2D eigenvalue weighted by molar-refractivity contribution is -0.126. The van der Waals surface area contributed by atoms with Gasteiger partial charge in [-0.3, -0.25) is 9.59 Å². The van der Waals surface area contributed by atoms with E-state index in [1.54, 1.807) is 11.4 Å². The van der Waals surface area contributed by atoms with Gasteiger partial charge in [-0.25, -0.2) is 0 Å². The summed E-state index contributed by atoms with van der Waals surface area (Å²) < 4.78 is 0. The van der Waals surface area contributed by atoms with Crippen molar-refractivity contribution in [1.82, 2.24) is 5.32 Å². The molecule has 1 saturated carbocycles. The Morgan fingerprint density at radius 2 is 2.26 bits per heavy atom. The molecule has 3 nitrogen and oxygen atoms in total. The number of hydrogen-bond donors (Lipinski definition) is 1. The van der Waals surface area contributed by atoms with E-state index >= 15 is 0 Å². The Morgan fingerprint density at radius 3 is 2.89 bits per heavy atom. The highest BCUT2D eigenvalue weighted by Gasteiger charge is 2.25. The van der Waals surface area contributed by atoms with Crippen molar-refractivity contribution < 1.29 is 9.59 Å². The standard InChI is InChI=1S/C14H18ClNO2S/c1-9-3-2-4-10(7-9)14(18)16-8-12(17)13-11(15)5-6-19-13/h5-6,9-10H,2-4,7-8H2,1H3,(H,16,18). The first-order valence-corrected chi connectivity index (χ1v) is 7.87. The summed E-state index contributed by atoms with van der Waals surface area (Å²) in [5.74, 6) is 0.562. The molecule has 0 bridgehead atoms. The van der Waals surface area contributed by atoms with Gasteiger partial charge in [-0.2, -0.15) is 0 Å². The van der Waals surface area contributed by atoms with Crippen LogP contribution in [-0.4, -0.2) is 18.2 Å². The first-order valence-electron chi connectivity index (χ1n) is 6.62. The zero-order chi connectivity index (χ0) is 13.8. The molecule has 1 aromatic rings. The first-order chi connectivity index (χ1) is 9.08. The Hall–Kier alpha value is -0.870. The lowest BCUT2D eigenvalue weighted by Crippen LogP contribution is -2.36. The molecule has 0 aliphatic heterocycles. The Labute approximate surface area is 122 Å². The van der Waals surface area contributed by atoms with Crippen LogP contribution < -0.4 is 5.32 Å². The van der Waals surface area contributed by atoms with Gasteiger partial charge in [0.25, 0.3) is 0 Å². The molecule has 19 heavy (non-hydrogen) atoms. The summed E-state index contributed by atoms with van der Waals surface area (Å²) in [4.78, 5) is 24.4. The molecule has 0 saturated heterocycles. The lowest BCUT2D eigenvalue weighted by atomic mass is 9.82. The van der Waals surface area contributed by atoms with Crippen LogP contribution in [0.25, 0.3) is 0 Å². The molecule has 1 amide bonds. The minimum atomic E-state index is -0.114. The molecule has 104 valence electrons. The molecular weight excluding hydrogens is 282 g/mol. The number of amides is 1. The second-order valence-electron chi connectivity index (χ2n) is 5.21. The number of ketones is 1. The van der Waals surface area contributed by atoms with Crippen molar-refractivity contribution in [2.75, 3.05) is 6.54 Å². The highest BCUT2D eigenvalue weighted by atomic mass is 35.5. The summed E-state index contributed by atoms with van der Waals surface area (Å²) in [5.41, 5.74) is 0. The molecule has 1 aromatic heterocycles. The number of carbonyl (C=O) groups excluding carboxylic acids is 2. The van der Waals surface area contributed by atoms with Gasteiger partial charge in [0, 0.05) is 5.92 Å². The monoisotopic (exact) mass is 299 g/mol. The van der Waals surface area contributed by atoms with Crippen molar-refractivity contribution >= 4 is 34.6 Å². The average Bonchev–Trinajstić information content (AvgIpc) is 2.82. The van der Waals surface area contributed by atoms with E-state index in [0.29, 0.717) is 15.8 Å². The summed E-state index contributed by atoms with van der Waals surface area (Å²) in [6.07, 6.45) is 4.17. The summed E-state index contributed by atoms with van der Waals surface area (Å²) in [6.45, 7) is 2.22. The Balaban J connectivity index is 1.83. The summed E-state index contributed by atoms with van der Waals surface area (Å²) in [6, 6.07) is 1.70. The molecule has 1 N–H and O–H groups in total. The molecule has 2 rings (SSSR count). The van der Waals surface area contributed by atoms with Gasteiger partial charge in [0.2, 0.25) is 5.91 Å². The van der Waals surface area contributed by atoms with E-state index in [9.17, 15) is 9.59 Å². The van der Waals surface area contributed by atoms with Gasteiger partial charge in [0.05, 0.1) is 16.4 Å². The third-order valence-electron chi connectivity index (χ3n) is 3.60. The topological polar surface area (TPSA) is 46.2 Å². The highest BCUT2D eigenvalue weighted by Crippen LogP contribution is 2.28. The number of thiophene rings is 1. The number of nitrogens with one attached hydrogen (secondary N) is 1. The fourth-order valence-corrected chi connectivity index (χ4v) is 3.66. The van der Waals surface area contributed by atoms with E-state index in [1.165, 1.54) is 17.8 Å². The largest absolute Gasteiger partial charge is 0.348 e. The third kappa shape index (κ3) is 3.80. The van der Waals surface area contributed by atoms with E-state index < -0.39 is 0 Å². The van der Waals surface area contributed by atoms with Crippen LogP contribution in [0.2, 0.25) is 5.02 Å². The lowest BCUT2D eigenvalue weighted by Gasteiger charge is -2.25. The minimum Gasteiger partial charge on any atom is -0.348 e. The van der Waals surface area contributed by atoms with Gasteiger partial charge in [-0.15, -0.1) is 11.3 Å². The van der Waals surface area contributed by atoms with E-state index in [-0.39, 0.29) is 24.2 Å². The zero-order valence-electron chi connectivity index (χ0n) is 10.9. The SMILES string of the molecule is CC1CCCC(C(=O)NCC(=O)c2sccc2Cl)C1. The van der Waals surface area contributed by atoms with Gasteiger partial charge in [0.1, 0.15) is 0 Å². The van der Waals surface area contributed by atoms with Gasteiger partial charge in [0.15, 0.2) is 5.78 Å². The zero-order valence-corrected chi connectivity index (χ0v) is 12.5. The predicted molar refractivity (Wildman–Crippen MR) is 77.8 cm³/mol. The van der Waals surface area contributed by atoms with Crippen LogP contribution in [0.1, 0.15) is 42.3 Å². The van der Waals surface area contributed by atoms with Crippen LogP contribution in [0.15, 0.2) is 11.4 Å². The molecular formula is C14H18ClNO2S. The van der Waals surface area contributed by atoms with Crippen LogP contribution >= 0.6 is 22.9 Å². The number of carbonyl (C=O) groups is 2. The highest BCUT2D eigenvalue weighted by molar-refractivity contribution is 7.12. The summed E-state index contributed by atoms with van der Waals surface area (Å²) in [7, 11) is 0. The van der Waals surface area contributed by atoms with Crippen molar-refractivity contribution in [2.24, 2.45) is 11.8 Å². The van der Waals surface area contributed by atoms with Crippen molar-refractivity contribution in [3.8, 4) is 0 Å². The van der Waals surface area contributed by atoms with E-state index in [0.717, 1.165) is 19.3 Å². The average molecular weight is 300 g/mol. The molecule has 1 aliphatic rings. The number of Topliss-reactive ketones (excluding diaryl/α,β-unsaturated/α-hetero) is 1. The predicted octanol–water partition coefficient (Wildman–Crippen LogP) is 3.53. The number of rotatable bonds is 4. The normalized spacial score (nSPS) is 23.1. The molecule has 2 unspecified atom stereocenters. The van der Waals surface area contributed by atoms with Crippen molar-refractivity contribution in [3.63, 3.8) is 0 Å². The van der Waals surface area contributed by atoms with Crippen molar-refractivity contribution in [2.45, 2.75) is 32.6 Å². The molecule has 2 atom stereocenters. The maximum absolute atomic E-state index is 12.0. The summed E-state index contributed by atoms with van der Waals surface area (Å²) in [5, 5.41) is 4.99. The Kier molecular flexibility index (Phi) is 4.99. The number of halogens is 1. The van der Waals surface area contributed by atoms with Gasteiger partial charge in [-0.1, -0.05) is 31.4 Å². The van der Waals surface area contributed by atoms with E-state index in [2.05, 4.69) is 12.2 Å². The molecule has 1 heterocycles. The van der Waals surface area contributed by atoms with Crippen LogP contribution in [-0.2, 0) is 4.79 Å². The molecule has 5 heteroatoms. The van der Waals surface area contributed by atoms with Crippen molar-refractivity contribution in [3.05, 3.63) is 21.3 Å². The molecule has 0 spiro atoms. The molecule has 0 aromatic carbocycles.